The van der Waals surface area contributed by atoms with Crippen molar-refractivity contribution in [1.82, 2.24) is 5.32 Å². The highest BCUT2D eigenvalue weighted by atomic mass is 19.4. The summed E-state index contributed by atoms with van der Waals surface area (Å²) in [7, 11) is 1.58. The molecule has 4 rings (SSSR count). The van der Waals surface area contributed by atoms with E-state index in [1.54, 1.807) is 19.3 Å². The van der Waals surface area contributed by atoms with Crippen molar-refractivity contribution in [1.29, 1.82) is 0 Å². The number of ether oxygens (including phenoxy) is 2. The predicted molar refractivity (Wildman–Crippen MR) is 119 cm³/mol. The monoisotopic (exact) mass is 439 g/mol. The summed E-state index contributed by atoms with van der Waals surface area (Å²) in [6.07, 6.45) is -0.300. The molecular formula is C26H24F3NO2. The van der Waals surface area contributed by atoms with Gasteiger partial charge in [-0.1, -0.05) is 60.7 Å². The van der Waals surface area contributed by atoms with Crippen LogP contribution in [0.4, 0.5) is 13.2 Å². The number of hydrogen-bond donors (Lipinski definition) is 1. The Balaban J connectivity index is 1.59. The fourth-order valence-corrected chi connectivity index (χ4v) is 3.88. The minimum atomic E-state index is -4.40. The Morgan fingerprint density at radius 1 is 1.00 bits per heavy atom. The quantitative estimate of drug-likeness (QED) is 0.497. The predicted octanol–water partition coefficient (Wildman–Crippen LogP) is 6.19. The molecule has 0 spiro atoms. The normalized spacial score (nSPS) is 16.1. The number of halogens is 3. The van der Waals surface area contributed by atoms with Gasteiger partial charge in [-0.05, 0) is 46.9 Å². The lowest BCUT2D eigenvalue weighted by molar-refractivity contribution is -0.137. The molecule has 0 amide bonds. The van der Waals surface area contributed by atoms with Crippen LogP contribution in [-0.4, -0.2) is 13.7 Å². The summed E-state index contributed by atoms with van der Waals surface area (Å²) in [4.78, 5) is 0. The minimum absolute atomic E-state index is 0.142. The first-order valence-electron chi connectivity index (χ1n) is 10.4. The lowest BCUT2D eigenvalue weighted by Gasteiger charge is -2.26. The van der Waals surface area contributed by atoms with Gasteiger partial charge in [0.1, 0.15) is 6.61 Å². The maximum absolute atomic E-state index is 13.3. The van der Waals surface area contributed by atoms with E-state index < -0.39 is 11.7 Å². The van der Waals surface area contributed by atoms with Crippen LogP contribution >= 0.6 is 0 Å². The van der Waals surface area contributed by atoms with Crippen LogP contribution in [0.15, 0.2) is 72.8 Å². The Hall–Kier alpha value is -3.25. The maximum Gasteiger partial charge on any atom is 0.416 e. The summed E-state index contributed by atoms with van der Waals surface area (Å²) >= 11 is 0. The van der Waals surface area contributed by atoms with E-state index in [0.717, 1.165) is 29.2 Å². The van der Waals surface area contributed by atoms with Crippen molar-refractivity contribution in [2.24, 2.45) is 0 Å². The molecule has 0 radical (unpaired) electrons. The number of hydrogen-bond acceptors (Lipinski definition) is 3. The van der Waals surface area contributed by atoms with Crippen molar-refractivity contribution in [3.63, 3.8) is 0 Å². The molecule has 6 heteroatoms. The van der Waals surface area contributed by atoms with Crippen LogP contribution in [-0.2, 0) is 19.2 Å². The standard InChI is InChI=1S/C26H24F3NO2/c1-31-24-16-21-20(15-25(24)32-17-18-7-3-2-4-8-18)13-14-30-23(21)12-11-19-9-5-6-10-22(19)26(27,28)29/h2-12,15-16,23,30H,13-14,17H2,1H3/b12-11+. The molecule has 1 N–H and O–H groups in total. The average Bonchev–Trinajstić information content (AvgIpc) is 2.81. The van der Waals surface area contributed by atoms with Gasteiger partial charge >= 0.3 is 6.18 Å². The number of nitrogens with one attached hydrogen (secondary N) is 1. The fraction of sp³-hybridized carbons (Fsp3) is 0.231. The van der Waals surface area contributed by atoms with Gasteiger partial charge in [-0.3, -0.25) is 0 Å². The van der Waals surface area contributed by atoms with Gasteiger partial charge in [-0.25, -0.2) is 0 Å². The molecule has 32 heavy (non-hydrogen) atoms. The number of rotatable bonds is 6. The zero-order valence-electron chi connectivity index (χ0n) is 17.7. The fourth-order valence-electron chi connectivity index (χ4n) is 3.88. The summed E-state index contributed by atoms with van der Waals surface area (Å²) in [6.45, 7) is 1.14. The van der Waals surface area contributed by atoms with Gasteiger partial charge < -0.3 is 14.8 Å². The van der Waals surface area contributed by atoms with Crippen molar-refractivity contribution in [3.05, 3.63) is 101 Å². The lowest BCUT2D eigenvalue weighted by Crippen LogP contribution is -2.28. The molecular weight excluding hydrogens is 415 g/mol. The molecule has 0 aromatic heterocycles. The summed E-state index contributed by atoms with van der Waals surface area (Å²) in [5.41, 5.74) is 2.61. The van der Waals surface area contributed by atoms with E-state index in [0.29, 0.717) is 24.7 Å². The molecule has 0 aliphatic carbocycles. The maximum atomic E-state index is 13.3. The summed E-state index contributed by atoms with van der Waals surface area (Å²) in [5.74, 6) is 1.25. The van der Waals surface area contributed by atoms with E-state index in [1.807, 2.05) is 42.5 Å². The number of methoxy groups -OCH3 is 1. The first kappa shape index (κ1) is 22.0. The molecule has 3 nitrogen and oxygen atoms in total. The molecule has 1 heterocycles. The molecule has 0 fully saturated rings. The molecule has 0 saturated heterocycles. The van der Waals surface area contributed by atoms with Gasteiger partial charge in [-0.15, -0.1) is 0 Å². The second-order valence-corrected chi connectivity index (χ2v) is 7.60. The van der Waals surface area contributed by atoms with Crippen molar-refractivity contribution in [2.45, 2.75) is 25.2 Å². The smallest absolute Gasteiger partial charge is 0.416 e. The highest BCUT2D eigenvalue weighted by Crippen LogP contribution is 2.37. The van der Waals surface area contributed by atoms with Gasteiger partial charge in [0.2, 0.25) is 0 Å². The Kier molecular flexibility index (Phi) is 6.51. The van der Waals surface area contributed by atoms with Crippen molar-refractivity contribution >= 4 is 6.08 Å². The van der Waals surface area contributed by atoms with Crippen molar-refractivity contribution in [2.75, 3.05) is 13.7 Å². The second-order valence-electron chi connectivity index (χ2n) is 7.60. The van der Waals surface area contributed by atoms with Crippen molar-refractivity contribution < 1.29 is 22.6 Å². The molecule has 1 atom stereocenters. The molecule has 1 aliphatic rings. The minimum Gasteiger partial charge on any atom is -0.493 e. The van der Waals surface area contributed by atoms with E-state index >= 15 is 0 Å². The van der Waals surface area contributed by atoms with Gasteiger partial charge in [0.25, 0.3) is 0 Å². The highest BCUT2D eigenvalue weighted by Gasteiger charge is 2.32. The lowest BCUT2D eigenvalue weighted by atomic mass is 9.92. The summed E-state index contributed by atoms with van der Waals surface area (Å²) < 4.78 is 51.5. The van der Waals surface area contributed by atoms with Crippen molar-refractivity contribution in [3.8, 4) is 11.5 Å². The molecule has 166 valence electrons. The Bertz CT molecular complexity index is 1090. The Morgan fingerprint density at radius 3 is 2.50 bits per heavy atom. The van der Waals surface area contributed by atoms with Gasteiger partial charge in [0.15, 0.2) is 11.5 Å². The van der Waals surface area contributed by atoms with E-state index in [-0.39, 0.29) is 11.6 Å². The Labute approximate surface area is 185 Å². The highest BCUT2D eigenvalue weighted by molar-refractivity contribution is 5.57. The largest absolute Gasteiger partial charge is 0.493 e. The van der Waals surface area contributed by atoms with Gasteiger partial charge in [0.05, 0.1) is 18.7 Å². The third-order valence-corrected chi connectivity index (χ3v) is 5.49. The molecule has 0 saturated carbocycles. The van der Waals surface area contributed by atoms with Crippen LogP contribution in [0.5, 0.6) is 11.5 Å². The second kappa shape index (κ2) is 9.49. The zero-order chi connectivity index (χ0) is 22.6. The van der Waals surface area contributed by atoms with Crippen LogP contribution < -0.4 is 14.8 Å². The molecule has 3 aromatic carbocycles. The van der Waals surface area contributed by atoms with Gasteiger partial charge in [0, 0.05) is 6.54 Å². The van der Waals surface area contributed by atoms with Crippen LogP contribution in [0.3, 0.4) is 0 Å². The van der Waals surface area contributed by atoms with E-state index in [1.165, 1.54) is 18.2 Å². The number of alkyl halides is 3. The summed E-state index contributed by atoms with van der Waals surface area (Å²) in [5, 5.41) is 3.37. The molecule has 0 bridgehead atoms. The SMILES string of the molecule is COc1cc2c(cc1OCc1ccccc1)CCNC2/C=C/c1ccccc1C(F)(F)F. The molecule has 1 aliphatic heterocycles. The topological polar surface area (TPSA) is 30.5 Å². The van der Waals surface area contributed by atoms with Crippen LogP contribution in [0, 0.1) is 0 Å². The number of benzene rings is 3. The van der Waals surface area contributed by atoms with E-state index in [9.17, 15) is 13.2 Å². The number of fused-ring (bicyclic) bond motifs is 1. The molecule has 3 aromatic rings. The van der Waals surface area contributed by atoms with Crippen LogP contribution in [0.25, 0.3) is 6.08 Å². The average molecular weight is 439 g/mol. The first-order valence-corrected chi connectivity index (χ1v) is 10.4. The first-order chi connectivity index (χ1) is 15.5. The van der Waals surface area contributed by atoms with Crippen LogP contribution in [0.2, 0.25) is 0 Å². The molecule has 1 unspecified atom stereocenters. The Morgan fingerprint density at radius 2 is 1.75 bits per heavy atom. The third kappa shape index (κ3) is 4.97. The van der Waals surface area contributed by atoms with E-state index in [4.69, 9.17) is 9.47 Å². The zero-order valence-corrected chi connectivity index (χ0v) is 17.7. The van der Waals surface area contributed by atoms with Crippen LogP contribution in [0.1, 0.15) is 33.9 Å². The van der Waals surface area contributed by atoms with E-state index in [2.05, 4.69) is 5.32 Å². The summed E-state index contributed by atoms with van der Waals surface area (Å²) in [6, 6.07) is 19.1. The third-order valence-electron chi connectivity index (χ3n) is 5.49. The van der Waals surface area contributed by atoms with Gasteiger partial charge in [-0.2, -0.15) is 13.2 Å².